The fraction of sp³-hybridized carbons (Fsp3) is 0.588. The van der Waals surface area contributed by atoms with Crippen LogP contribution in [0.1, 0.15) is 32.3 Å². The molecule has 0 spiro atoms. The highest BCUT2D eigenvalue weighted by atomic mass is 127. The molecule has 138 valence electrons. The first-order valence-corrected chi connectivity index (χ1v) is 8.51. The molecule has 1 aromatic carbocycles. The Labute approximate surface area is 167 Å². The number of hydrogen-bond acceptors (Lipinski definition) is 3. The number of benzene rings is 1. The second-order valence-corrected chi connectivity index (χ2v) is 5.42. The van der Waals surface area contributed by atoms with Crippen LogP contribution in [-0.4, -0.2) is 39.4 Å². The molecular weight excluding hydrogens is 441 g/mol. The van der Waals surface area contributed by atoms with Gasteiger partial charge in [-0.3, -0.25) is 0 Å². The SMILES string of the molecule is CCNC(=NCc1ccc(Cl)cc1OC)NCCCCOCC.I. The van der Waals surface area contributed by atoms with Crippen LogP contribution >= 0.6 is 35.6 Å². The molecule has 0 atom stereocenters. The first kappa shape index (κ1) is 23.3. The lowest BCUT2D eigenvalue weighted by Crippen LogP contribution is -2.37. The maximum absolute atomic E-state index is 5.98. The van der Waals surface area contributed by atoms with Gasteiger partial charge in [-0.1, -0.05) is 17.7 Å². The minimum absolute atomic E-state index is 0. The molecule has 0 saturated heterocycles. The van der Waals surface area contributed by atoms with Gasteiger partial charge in [0.15, 0.2) is 5.96 Å². The van der Waals surface area contributed by atoms with Crippen LogP contribution in [0.2, 0.25) is 5.02 Å². The van der Waals surface area contributed by atoms with Gasteiger partial charge in [0, 0.05) is 36.9 Å². The number of unbranched alkanes of at least 4 members (excludes halogenated alkanes) is 1. The van der Waals surface area contributed by atoms with Gasteiger partial charge < -0.3 is 20.1 Å². The lowest BCUT2D eigenvalue weighted by Gasteiger charge is -2.12. The monoisotopic (exact) mass is 469 g/mol. The fourth-order valence-electron chi connectivity index (χ4n) is 2.04. The van der Waals surface area contributed by atoms with Gasteiger partial charge >= 0.3 is 0 Å². The zero-order valence-corrected chi connectivity index (χ0v) is 17.8. The second-order valence-electron chi connectivity index (χ2n) is 4.98. The third kappa shape index (κ3) is 9.54. The van der Waals surface area contributed by atoms with E-state index in [2.05, 4.69) is 22.5 Å². The van der Waals surface area contributed by atoms with Crippen LogP contribution < -0.4 is 15.4 Å². The van der Waals surface area contributed by atoms with E-state index >= 15 is 0 Å². The van der Waals surface area contributed by atoms with Crippen molar-refractivity contribution in [3.05, 3.63) is 28.8 Å². The zero-order valence-electron chi connectivity index (χ0n) is 14.7. The van der Waals surface area contributed by atoms with Crippen molar-refractivity contribution in [3.8, 4) is 5.75 Å². The van der Waals surface area contributed by atoms with Crippen LogP contribution in [0.5, 0.6) is 5.75 Å². The summed E-state index contributed by atoms with van der Waals surface area (Å²) < 4.78 is 10.7. The predicted octanol–water partition coefficient (Wildman–Crippen LogP) is 3.84. The maximum atomic E-state index is 5.98. The van der Waals surface area contributed by atoms with Crippen molar-refractivity contribution in [2.24, 2.45) is 4.99 Å². The Morgan fingerprint density at radius 2 is 2.00 bits per heavy atom. The maximum Gasteiger partial charge on any atom is 0.191 e. The Bertz CT molecular complexity index is 487. The van der Waals surface area contributed by atoms with E-state index in [1.807, 2.05) is 19.1 Å². The quantitative estimate of drug-likeness (QED) is 0.237. The highest BCUT2D eigenvalue weighted by molar-refractivity contribution is 14.0. The number of rotatable bonds is 10. The van der Waals surface area contributed by atoms with Gasteiger partial charge in [0.2, 0.25) is 0 Å². The van der Waals surface area contributed by atoms with Crippen molar-refractivity contribution in [1.82, 2.24) is 10.6 Å². The normalized spacial score (nSPS) is 10.9. The molecule has 0 aliphatic heterocycles. The predicted molar refractivity (Wildman–Crippen MR) is 112 cm³/mol. The largest absolute Gasteiger partial charge is 0.496 e. The van der Waals surface area contributed by atoms with Crippen molar-refractivity contribution >= 4 is 41.5 Å². The molecule has 0 fully saturated rings. The van der Waals surface area contributed by atoms with Crippen LogP contribution in [-0.2, 0) is 11.3 Å². The van der Waals surface area contributed by atoms with Crippen molar-refractivity contribution in [2.45, 2.75) is 33.2 Å². The number of nitrogens with one attached hydrogen (secondary N) is 2. The van der Waals surface area contributed by atoms with E-state index in [9.17, 15) is 0 Å². The van der Waals surface area contributed by atoms with Crippen LogP contribution in [0, 0.1) is 0 Å². The molecule has 0 aliphatic rings. The summed E-state index contributed by atoms with van der Waals surface area (Å²) in [6.45, 7) is 7.89. The van der Waals surface area contributed by atoms with Crippen LogP contribution in [0.4, 0.5) is 0 Å². The molecule has 5 nitrogen and oxygen atoms in total. The number of ether oxygens (including phenoxy) is 2. The summed E-state index contributed by atoms with van der Waals surface area (Å²) in [6.07, 6.45) is 2.10. The number of guanidine groups is 1. The molecule has 0 saturated carbocycles. The van der Waals surface area contributed by atoms with Crippen molar-refractivity contribution < 1.29 is 9.47 Å². The Kier molecular flexibility index (Phi) is 14.2. The highest BCUT2D eigenvalue weighted by Gasteiger charge is 2.04. The molecule has 0 amide bonds. The standard InChI is InChI=1S/C17H28ClN3O2.HI/c1-4-19-17(20-10-6-7-11-23-5-2)21-13-14-8-9-15(18)12-16(14)22-3;/h8-9,12H,4-7,10-11,13H2,1-3H3,(H2,19,20,21);1H. The molecular formula is C17H29ClIN3O2. The Balaban J connectivity index is 0.00000529. The van der Waals surface area contributed by atoms with Crippen LogP contribution in [0.3, 0.4) is 0 Å². The first-order chi connectivity index (χ1) is 11.2. The summed E-state index contributed by atoms with van der Waals surface area (Å²) in [4.78, 5) is 4.60. The van der Waals surface area contributed by atoms with Gasteiger partial charge in [0.25, 0.3) is 0 Å². The van der Waals surface area contributed by atoms with Crippen molar-refractivity contribution in [1.29, 1.82) is 0 Å². The number of methoxy groups -OCH3 is 1. The average Bonchev–Trinajstić information content (AvgIpc) is 2.56. The molecule has 24 heavy (non-hydrogen) atoms. The van der Waals surface area contributed by atoms with E-state index in [4.69, 9.17) is 21.1 Å². The molecule has 1 aromatic rings. The molecule has 7 heteroatoms. The first-order valence-electron chi connectivity index (χ1n) is 8.13. The molecule has 0 bridgehead atoms. The number of hydrogen-bond donors (Lipinski definition) is 2. The van der Waals surface area contributed by atoms with Crippen LogP contribution in [0.25, 0.3) is 0 Å². The zero-order chi connectivity index (χ0) is 16.9. The van der Waals surface area contributed by atoms with E-state index in [0.717, 1.165) is 56.4 Å². The smallest absolute Gasteiger partial charge is 0.191 e. The summed E-state index contributed by atoms with van der Waals surface area (Å²) in [6, 6.07) is 5.60. The van der Waals surface area contributed by atoms with E-state index < -0.39 is 0 Å². The molecule has 0 heterocycles. The summed E-state index contributed by atoms with van der Waals surface area (Å²) in [5.74, 6) is 1.56. The lowest BCUT2D eigenvalue weighted by molar-refractivity contribution is 0.143. The Hall–Kier alpha value is -0.730. The Morgan fingerprint density at radius 1 is 1.21 bits per heavy atom. The lowest BCUT2D eigenvalue weighted by atomic mass is 10.2. The van der Waals surface area contributed by atoms with E-state index in [1.165, 1.54) is 0 Å². The van der Waals surface area contributed by atoms with E-state index in [-0.39, 0.29) is 24.0 Å². The molecule has 0 aromatic heterocycles. The molecule has 0 radical (unpaired) electrons. The minimum atomic E-state index is 0. The van der Waals surface area contributed by atoms with Gasteiger partial charge in [-0.2, -0.15) is 0 Å². The third-order valence-corrected chi connectivity index (χ3v) is 3.45. The summed E-state index contributed by atoms with van der Waals surface area (Å²) in [5.41, 5.74) is 1.01. The minimum Gasteiger partial charge on any atom is -0.496 e. The van der Waals surface area contributed by atoms with Gasteiger partial charge in [-0.05, 0) is 38.8 Å². The average molecular weight is 470 g/mol. The molecule has 1 rings (SSSR count). The van der Waals surface area contributed by atoms with E-state index in [1.54, 1.807) is 13.2 Å². The third-order valence-electron chi connectivity index (χ3n) is 3.21. The topological polar surface area (TPSA) is 54.9 Å². The molecule has 2 N–H and O–H groups in total. The van der Waals surface area contributed by atoms with Gasteiger partial charge in [-0.25, -0.2) is 4.99 Å². The van der Waals surface area contributed by atoms with Gasteiger partial charge in [0.05, 0.1) is 13.7 Å². The van der Waals surface area contributed by atoms with Crippen LogP contribution in [0.15, 0.2) is 23.2 Å². The summed E-state index contributed by atoms with van der Waals surface area (Å²) in [7, 11) is 1.64. The Morgan fingerprint density at radius 3 is 2.67 bits per heavy atom. The van der Waals surface area contributed by atoms with Crippen molar-refractivity contribution in [3.63, 3.8) is 0 Å². The van der Waals surface area contributed by atoms with Crippen molar-refractivity contribution in [2.75, 3.05) is 33.4 Å². The fourth-order valence-corrected chi connectivity index (χ4v) is 2.20. The number of halogens is 2. The second kappa shape index (κ2) is 14.6. The van der Waals surface area contributed by atoms with Gasteiger partial charge in [-0.15, -0.1) is 24.0 Å². The van der Waals surface area contributed by atoms with Gasteiger partial charge in [0.1, 0.15) is 5.75 Å². The molecule has 0 unspecified atom stereocenters. The van der Waals surface area contributed by atoms with E-state index in [0.29, 0.717) is 11.6 Å². The molecule has 0 aliphatic carbocycles. The number of aliphatic imine (C=N–C) groups is 1. The summed E-state index contributed by atoms with van der Waals surface area (Å²) in [5, 5.41) is 7.24. The summed E-state index contributed by atoms with van der Waals surface area (Å²) >= 11 is 5.98. The number of nitrogens with zero attached hydrogens (tertiary/aromatic N) is 1. The highest BCUT2D eigenvalue weighted by Crippen LogP contribution is 2.23.